The van der Waals surface area contributed by atoms with E-state index in [1.807, 2.05) is 48.5 Å². The molecule has 2 aromatic rings. The Bertz CT molecular complexity index is 919. The van der Waals surface area contributed by atoms with Gasteiger partial charge in [0.25, 0.3) is 0 Å². The van der Waals surface area contributed by atoms with Gasteiger partial charge in [-0.25, -0.2) is 5.84 Å². The zero-order chi connectivity index (χ0) is 25.3. The maximum absolute atomic E-state index is 10.2. The molecule has 0 fully saturated rings. The third-order valence-electron chi connectivity index (χ3n) is 5.69. The minimum atomic E-state index is -0.839. The summed E-state index contributed by atoms with van der Waals surface area (Å²) in [5.41, 5.74) is 8.36. The first-order valence-electron chi connectivity index (χ1n) is 11.1. The highest BCUT2D eigenvalue weighted by molar-refractivity contribution is 6.18. The standard InChI is InChI=1S/C25H36ClN3O5/c1-17(24(27)14-30)29(28)13-21(32)16-34-23-10-6-19(7-11-23)25(2,3)18-4-8-22(9-5-18)33-15-20(31)12-26/h4-11,20-21,30-32H,12-16,27-28H2,1-3H3/b24-17-/t20-,21+/m1/s1. The smallest absolute Gasteiger partial charge is 0.119 e. The Balaban J connectivity index is 1.95. The summed E-state index contributed by atoms with van der Waals surface area (Å²) in [7, 11) is 0. The first-order valence-corrected chi connectivity index (χ1v) is 11.6. The molecule has 7 N–H and O–H groups in total. The van der Waals surface area contributed by atoms with E-state index in [1.165, 1.54) is 5.01 Å². The molecule has 0 radical (unpaired) electrons. The maximum Gasteiger partial charge on any atom is 0.119 e. The Morgan fingerprint density at radius 1 is 0.941 bits per heavy atom. The number of rotatable bonds is 13. The van der Waals surface area contributed by atoms with Gasteiger partial charge in [-0.1, -0.05) is 38.1 Å². The highest BCUT2D eigenvalue weighted by Gasteiger charge is 2.23. The van der Waals surface area contributed by atoms with Crippen molar-refractivity contribution in [2.24, 2.45) is 11.6 Å². The number of benzene rings is 2. The third kappa shape index (κ3) is 7.78. The number of aliphatic hydroxyl groups excluding tert-OH is 3. The van der Waals surface area contributed by atoms with Gasteiger partial charge in [-0.05, 0) is 42.3 Å². The van der Waals surface area contributed by atoms with Crippen molar-refractivity contribution in [3.05, 3.63) is 71.1 Å². The van der Waals surface area contributed by atoms with Crippen molar-refractivity contribution < 1.29 is 24.8 Å². The average molecular weight is 494 g/mol. The van der Waals surface area contributed by atoms with Crippen molar-refractivity contribution in [2.75, 3.05) is 32.2 Å². The first kappa shape index (κ1) is 27.8. The number of hydrazine groups is 1. The van der Waals surface area contributed by atoms with Gasteiger partial charge in [0.2, 0.25) is 0 Å². The van der Waals surface area contributed by atoms with Crippen LogP contribution >= 0.6 is 11.6 Å². The lowest BCUT2D eigenvalue weighted by Gasteiger charge is -2.27. The molecule has 188 valence electrons. The van der Waals surface area contributed by atoms with Gasteiger partial charge in [0.1, 0.15) is 36.9 Å². The van der Waals surface area contributed by atoms with Crippen molar-refractivity contribution in [3.8, 4) is 11.5 Å². The van der Waals surface area contributed by atoms with Crippen LogP contribution in [0.1, 0.15) is 31.9 Å². The van der Waals surface area contributed by atoms with Crippen LogP contribution in [0, 0.1) is 0 Å². The van der Waals surface area contributed by atoms with E-state index in [4.69, 9.17) is 37.8 Å². The summed E-state index contributed by atoms with van der Waals surface area (Å²) >= 11 is 5.59. The van der Waals surface area contributed by atoms with Crippen molar-refractivity contribution in [3.63, 3.8) is 0 Å². The minimum Gasteiger partial charge on any atom is -0.491 e. The van der Waals surface area contributed by atoms with Crippen LogP contribution in [0.5, 0.6) is 11.5 Å². The Labute approximate surface area is 206 Å². The number of nitrogens with zero attached hydrogens (tertiary/aromatic N) is 1. The second-order valence-corrected chi connectivity index (χ2v) is 8.99. The quantitative estimate of drug-likeness (QED) is 0.163. The van der Waals surface area contributed by atoms with Crippen LogP contribution in [-0.4, -0.2) is 64.8 Å². The van der Waals surface area contributed by atoms with E-state index in [9.17, 15) is 10.2 Å². The van der Waals surface area contributed by atoms with E-state index in [0.29, 0.717) is 17.2 Å². The molecule has 0 amide bonds. The summed E-state index contributed by atoms with van der Waals surface area (Å²) in [4.78, 5) is 0. The fourth-order valence-corrected chi connectivity index (χ4v) is 3.34. The lowest BCUT2D eigenvalue weighted by Crippen LogP contribution is -2.40. The van der Waals surface area contributed by atoms with Crippen molar-refractivity contribution in [1.82, 2.24) is 5.01 Å². The van der Waals surface area contributed by atoms with Crippen molar-refractivity contribution >= 4 is 11.6 Å². The van der Waals surface area contributed by atoms with E-state index in [-0.39, 0.29) is 43.4 Å². The van der Waals surface area contributed by atoms with Crippen LogP contribution in [0.4, 0.5) is 0 Å². The van der Waals surface area contributed by atoms with Crippen LogP contribution < -0.4 is 21.1 Å². The lowest BCUT2D eigenvalue weighted by atomic mass is 9.78. The van der Waals surface area contributed by atoms with E-state index < -0.39 is 12.2 Å². The Hall–Kier alpha value is -2.49. The first-order chi connectivity index (χ1) is 16.1. The molecular weight excluding hydrogens is 458 g/mol. The van der Waals surface area contributed by atoms with E-state index in [1.54, 1.807) is 6.92 Å². The fraction of sp³-hybridized carbons (Fsp3) is 0.440. The van der Waals surface area contributed by atoms with Gasteiger partial charge < -0.3 is 35.5 Å². The zero-order valence-corrected chi connectivity index (χ0v) is 20.7. The Morgan fingerprint density at radius 3 is 1.79 bits per heavy atom. The lowest BCUT2D eigenvalue weighted by molar-refractivity contribution is 0.0779. The number of nitrogens with two attached hydrogens (primary N) is 2. The van der Waals surface area contributed by atoms with Crippen LogP contribution in [-0.2, 0) is 5.41 Å². The molecule has 0 heterocycles. The predicted molar refractivity (Wildman–Crippen MR) is 134 cm³/mol. The number of aliphatic hydroxyl groups is 3. The Kier molecular flexibility index (Phi) is 10.5. The largest absolute Gasteiger partial charge is 0.491 e. The van der Waals surface area contributed by atoms with Crippen LogP contribution in [0.3, 0.4) is 0 Å². The molecule has 2 rings (SSSR count). The fourth-order valence-electron chi connectivity index (χ4n) is 3.25. The molecule has 0 unspecified atom stereocenters. The van der Waals surface area contributed by atoms with Gasteiger partial charge in [0.05, 0.1) is 24.7 Å². The van der Waals surface area contributed by atoms with Gasteiger partial charge >= 0.3 is 0 Å². The van der Waals surface area contributed by atoms with Gasteiger partial charge in [-0.2, -0.15) is 0 Å². The van der Waals surface area contributed by atoms with Crippen molar-refractivity contribution in [2.45, 2.75) is 38.4 Å². The molecule has 0 aliphatic rings. The highest BCUT2D eigenvalue weighted by atomic mass is 35.5. The third-order valence-corrected chi connectivity index (χ3v) is 6.04. The second kappa shape index (κ2) is 12.8. The number of hydrogen-bond acceptors (Lipinski definition) is 8. The SMILES string of the molecule is C/C(=C(/N)CO)N(N)C[C@H](O)COc1ccc(C(C)(C)c2ccc(OC[C@H](O)CCl)cc2)cc1. The number of ether oxygens (including phenoxy) is 2. The normalized spacial score (nSPS) is 14.2. The monoisotopic (exact) mass is 493 g/mol. The summed E-state index contributed by atoms with van der Waals surface area (Å²) in [6, 6.07) is 15.5. The van der Waals surface area contributed by atoms with E-state index >= 15 is 0 Å². The van der Waals surface area contributed by atoms with Crippen LogP contribution in [0.25, 0.3) is 0 Å². The maximum atomic E-state index is 10.2. The summed E-state index contributed by atoms with van der Waals surface area (Å²) in [6.07, 6.45) is -1.53. The summed E-state index contributed by atoms with van der Waals surface area (Å²) in [5, 5.41) is 30.1. The molecule has 9 heteroatoms. The molecule has 0 aromatic heterocycles. The Morgan fingerprint density at radius 2 is 1.38 bits per heavy atom. The molecular formula is C25H36ClN3O5. The average Bonchev–Trinajstić information content (AvgIpc) is 2.85. The predicted octanol–water partition coefficient (Wildman–Crippen LogP) is 2.09. The highest BCUT2D eigenvalue weighted by Crippen LogP contribution is 2.33. The molecule has 2 atom stereocenters. The van der Waals surface area contributed by atoms with Gasteiger partial charge in [0, 0.05) is 11.1 Å². The number of allylic oxidation sites excluding steroid dienone is 1. The summed E-state index contributed by atoms with van der Waals surface area (Å²) < 4.78 is 11.3. The van der Waals surface area contributed by atoms with Gasteiger partial charge in [-0.15, -0.1) is 11.6 Å². The molecule has 0 bridgehead atoms. The molecule has 2 aromatic carbocycles. The van der Waals surface area contributed by atoms with Gasteiger partial charge in [0.15, 0.2) is 0 Å². The molecule has 8 nitrogen and oxygen atoms in total. The topological polar surface area (TPSA) is 134 Å². The van der Waals surface area contributed by atoms with E-state index in [0.717, 1.165) is 11.1 Å². The van der Waals surface area contributed by atoms with Crippen molar-refractivity contribution in [1.29, 1.82) is 0 Å². The van der Waals surface area contributed by atoms with Gasteiger partial charge in [-0.3, -0.25) is 0 Å². The number of halogens is 1. The molecule has 0 aliphatic carbocycles. The zero-order valence-electron chi connectivity index (χ0n) is 19.9. The van der Waals surface area contributed by atoms with Crippen LogP contribution in [0.2, 0.25) is 0 Å². The number of hydrogen-bond donors (Lipinski definition) is 5. The summed E-state index contributed by atoms with van der Waals surface area (Å²) in [5.74, 6) is 7.31. The molecule has 0 saturated carbocycles. The van der Waals surface area contributed by atoms with E-state index in [2.05, 4.69) is 13.8 Å². The molecule has 34 heavy (non-hydrogen) atoms. The number of alkyl halides is 1. The summed E-state index contributed by atoms with van der Waals surface area (Å²) in [6.45, 7) is 5.95. The minimum absolute atomic E-state index is 0.0582. The molecule has 0 aliphatic heterocycles. The second-order valence-electron chi connectivity index (χ2n) is 8.68. The molecule has 0 saturated heterocycles. The molecule has 0 spiro atoms. The van der Waals surface area contributed by atoms with Crippen LogP contribution in [0.15, 0.2) is 59.9 Å².